The highest BCUT2D eigenvalue weighted by molar-refractivity contribution is 8.24. The Balaban J connectivity index is 1.35. The van der Waals surface area contributed by atoms with Gasteiger partial charge in [-0.2, -0.15) is 21.1 Å². The van der Waals surface area contributed by atoms with Crippen molar-refractivity contribution in [1.82, 2.24) is 10.3 Å². The number of aromatic nitrogens is 1. The maximum absolute atomic E-state index is 13.5. The van der Waals surface area contributed by atoms with Crippen molar-refractivity contribution in [3.8, 4) is 33.2 Å². The number of nitrogens with one attached hydrogen (secondary N) is 1. The molecule has 41 heavy (non-hydrogen) atoms. The predicted octanol–water partition coefficient (Wildman–Crippen LogP) is 6.37. The van der Waals surface area contributed by atoms with E-state index >= 15 is 0 Å². The highest BCUT2D eigenvalue weighted by Crippen LogP contribution is 2.47. The lowest BCUT2D eigenvalue weighted by atomic mass is 9.76. The van der Waals surface area contributed by atoms with Crippen LogP contribution < -0.4 is 10.2 Å². The molecule has 2 saturated carbocycles. The van der Waals surface area contributed by atoms with Crippen LogP contribution in [0.25, 0.3) is 21.0 Å². The number of rotatable bonds is 6. The van der Waals surface area contributed by atoms with Crippen LogP contribution in [0.3, 0.4) is 0 Å². The summed E-state index contributed by atoms with van der Waals surface area (Å²) in [5, 5.41) is 22.9. The average molecular weight is 588 g/mol. The summed E-state index contributed by atoms with van der Waals surface area (Å²) < 4.78 is 20.0. The molecule has 2 heterocycles. The van der Waals surface area contributed by atoms with Crippen molar-refractivity contribution in [3.63, 3.8) is 0 Å². The fourth-order valence-electron chi connectivity index (χ4n) is 5.93. The molecule has 1 amide bonds. The Morgan fingerprint density at radius 3 is 2.46 bits per heavy atom. The smallest absolute Gasteiger partial charge is 0.225 e. The maximum atomic E-state index is 13.5. The fourth-order valence-corrected chi connectivity index (χ4v) is 8.30. The van der Waals surface area contributed by atoms with E-state index in [1.54, 1.807) is 17.4 Å². The molecule has 6 rings (SSSR count). The molecule has 2 aliphatic carbocycles. The van der Waals surface area contributed by atoms with Crippen LogP contribution >= 0.6 is 21.9 Å². The van der Waals surface area contributed by atoms with E-state index in [2.05, 4.69) is 46.6 Å². The van der Waals surface area contributed by atoms with Gasteiger partial charge in [-0.1, -0.05) is 37.1 Å². The highest BCUT2D eigenvalue weighted by atomic mass is 32.3. The third kappa shape index (κ3) is 5.84. The molecule has 3 N–H and O–H groups in total. The third-order valence-electron chi connectivity index (χ3n) is 8.54. The number of benzene rings is 2. The van der Waals surface area contributed by atoms with Gasteiger partial charge >= 0.3 is 0 Å². The molecule has 2 atom stereocenters. The lowest BCUT2D eigenvalue weighted by Crippen LogP contribution is -2.42. The standard InChI is InChI=1S/C31H33N5O3S2/c32-19-21-4-3-5-23(18-21)30-34-27(25-6-1-2-7-26(25)29(37)35-31(20-33)12-13-31)28(40-30)22-8-10-24(11-9-22)36-14-16-41(38,39)17-15-36/h3-5,8-11,18,25-26,38-39H,1-2,6-7,12-17H2,(H,35,37)/t25-,26-/m1/s1. The summed E-state index contributed by atoms with van der Waals surface area (Å²) in [4.78, 5) is 21.9. The van der Waals surface area contributed by atoms with Gasteiger partial charge in [0.25, 0.3) is 0 Å². The van der Waals surface area contributed by atoms with Crippen molar-refractivity contribution < 1.29 is 13.9 Å². The largest absolute Gasteiger partial charge is 0.368 e. The summed E-state index contributed by atoms with van der Waals surface area (Å²) in [5.74, 6) is 0.409. The van der Waals surface area contributed by atoms with Crippen molar-refractivity contribution in [3.05, 3.63) is 59.8 Å². The summed E-state index contributed by atoms with van der Waals surface area (Å²) in [6, 6.07) is 20.3. The number of carbonyl (C=O) groups is 1. The number of thiazole rings is 1. The van der Waals surface area contributed by atoms with Gasteiger partial charge in [-0.25, -0.2) is 4.98 Å². The van der Waals surface area contributed by atoms with Crippen LogP contribution in [0.2, 0.25) is 0 Å². The lowest BCUT2D eigenvalue weighted by Gasteiger charge is -2.41. The Morgan fingerprint density at radius 1 is 1.05 bits per heavy atom. The molecule has 0 bridgehead atoms. The molecular formula is C31H33N5O3S2. The zero-order chi connectivity index (χ0) is 28.6. The van der Waals surface area contributed by atoms with Crippen LogP contribution in [0.1, 0.15) is 55.7 Å². The number of amides is 1. The first-order chi connectivity index (χ1) is 19.8. The van der Waals surface area contributed by atoms with Crippen LogP contribution in [0.4, 0.5) is 5.69 Å². The summed E-state index contributed by atoms with van der Waals surface area (Å²) in [6.07, 6.45) is 5.01. The number of hydrogen-bond acceptors (Lipinski definition) is 8. The minimum Gasteiger partial charge on any atom is -0.368 e. The lowest BCUT2D eigenvalue weighted by molar-refractivity contribution is -0.127. The van der Waals surface area contributed by atoms with E-state index < -0.39 is 16.1 Å². The third-order valence-corrected chi connectivity index (χ3v) is 11.4. The molecule has 10 heteroatoms. The fraction of sp³-hybridized carbons (Fsp3) is 0.419. The Kier molecular flexibility index (Phi) is 7.52. The summed E-state index contributed by atoms with van der Waals surface area (Å²) in [7, 11) is -2.46. The first-order valence-corrected chi connectivity index (χ1v) is 16.8. The molecule has 8 nitrogen and oxygen atoms in total. The molecule has 0 spiro atoms. The van der Waals surface area contributed by atoms with Gasteiger partial charge in [0, 0.05) is 36.2 Å². The Bertz CT molecular complexity index is 1520. The van der Waals surface area contributed by atoms with Crippen molar-refractivity contribution in [1.29, 1.82) is 10.5 Å². The molecule has 2 aromatic carbocycles. The predicted molar refractivity (Wildman–Crippen MR) is 163 cm³/mol. The van der Waals surface area contributed by atoms with Gasteiger partial charge in [0.05, 0.1) is 39.8 Å². The Hall–Kier alpha value is -3.41. The van der Waals surface area contributed by atoms with Crippen LogP contribution in [0.15, 0.2) is 48.5 Å². The van der Waals surface area contributed by atoms with E-state index in [0.29, 0.717) is 43.0 Å². The van der Waals surface area contributed by atoms with Gasteiger partial charge in [-0.05, 0) is 55.5 Å². The van der Waals surface area contributed by atoms with Crippen LogP contribution in [-0.4, -0.2) is 50.1 Å². The molecule has 1 saturated heterocycles. The molecule has 212 valence electrons. The quantitative estimate of drug-likeness (QED) is 0.305. The second-order valence-corrected chi connectivity index (χ2v) is 14.8. The molecule has 3 fully saturated rings. The van der Waals surface area contributed by atoms with Gasteiger partial charge in [0.15, 0.2) is 0 Å². The zero-order valence-electron chi connectivity index (χ0n) is 22.8. The van der Waals surface area contributed by atoms with Gasteiger partial charge < -0.3 is 10.2 Å². The maximum Gasteiger partial charge on any atom is 0.225 e. The molecule has 1 aromatic heterocycles. The molecule has 3 aromatic rings. The van der Waals surface area contributed by atoms with E-state index in [9.17, 15) is 24.4 Å². The van der Waals surface area contributed by atoms with E-state index in [0.717, 1.165) is 58.1 Å². The van der Waals surface area contributed by atoms with Crippen molar-refractivity contribution in [2.45, 2.75) is 50.0 Å². The summed E-state index contributed by atoms with van der Waals surface area (Å²) in [5.41, 5.74) is 3.72. The second-order valence-electron chi connectivity index (χ2n) is 11.4. The van der Waals surface area contributed by atoms with Crippen LogP contribution in [0, 0.1) is 28.6 Å². The summed E-state index contributed by atoms with van der Waals surface area (Å²) in [6.45, 7) is 1.21. The molecular weight excluding hydrogens is 555 g/mol. The first kappa shape index (κ1) is 27.7. The van der Waals surface area contributed by atoms with E-state index in [1.165, 1.54) is 0 Å². The molecule has 0 unspecified atom stereocenters. The monoisotopic (exact) mass is 587 g/mol. The highest BCUT2D eigenvalue weighted by Gasteiger charge is 2.47. The van der Waals surface area contributed by atoms with Crippen molar-refractivity contribution in [2.24, 2.45) is 5.92 Å². The number of hydrogen-bond donors (Lipinski definition) is 3. The van der Waals surface area contributed by atoms with Crippen molar-refractivity contribution >= 4 is 33.5 Å². The zero-order valence-corrected chi connectivity index (χ0v) is 24.4. The first-order valence-electron chi connectivity index (χ1n) is 14.1. The van der Waals surface area contributed by atoms with Gasteiger partial charge in [-0.15, -0.1) is 11.3 Å². The van der Waals surface area contributed by atoms with Gasteiger partial charge in [0.1, 0.15) is 10.5 Å². The minimum absolute atomic E-state index is 0.0489. The molecule has 1 aliphatic heterocycles. The SMILES string of the molecule is N#Cc1cccc(-c2nc([C@@H]3CCCC[C@H]3C(=O)NC3(C#N)CC3)c(-c3ccc(N4CCS(O)(O)CC4)cc3)s2)c1. The van der Waals surface area contributed by atoms with Gasteiger partial charge in [0.2, 0.25) is 5.91 Å². The minimum atomic E-state index is -2.46. The average Bonchev–Trinajstić information content (AvgIpc) is 3.63. The van der Waals surface area contributed by atoms with E-state index in [-0.39, 0.29) is 17.7 Å². The Morgan fingerprint density at radius 2 is 1.78 bits per heavy atom. The Labute approximate surface area is 246 Å². The van der Waals surface area contributed by atoms with Crippen LogP contribution in [-0.2, 0) is 4.79 Å². The number of carbonyl (C=O) groups excluding carboxylic acids is 1. The molecule has 3 aliphatic rings. The number of nitriles is 2. The number of anilines is 1. The summed E-state index contributed by atoms with van der Waals surface area (Å²) >= 11 is 1.58. The van der Waals surface area contributed by atoms with Crippen LogP contribution in [0.5, 0.6) is 0 Å². The number of nitrogens with zero attached hydrogens (tertiary/aromatic N) is 4. The van der Waals surface area contributed by atoms with E-state index in [4.69, 9.17) is 4.98 Å². The van der Waals surface area contributed by atoms with Gasteiger partial charge in [-0.3, -0.25) is 13.9 Å². The topological polar surface area (TPSA) is 133 Å². The van der Waals surface area contributed by atoms with E-state index in [1.807, 2.05) is 18.2 Å². The normalized spacial score (nSPS) is 23.6. The van der Waals surface area contributed by atoms with Crippen molar-refractivity contribution in [2.75, 3.05) is 29.5 Å². The second kappa shape index (κ2) is 11.1. The molecule has 0 radical (unpaired) electrons.